The van der Waals surface area contributed by atoms with Crippen molar-refractivity contribution in [3.05, 3.63) is 54.1 Å². The molecule has 94 valence electrons. The van der Waals surface area contributed by atoms with Gasteiger partial charge in [0.15, 0.2) is 0 Å². The van der Waals surface area contributed by atoms with Crippen molar-refractivity contribution < 1.29 is 0 Å². The van der Waals surface area contributed by atoms with Crippen LogP contribution in [0.1, 0.15) is 12.0 Å². The van der Waals surface area contributed by atoms with E-state index in [9.17, 15) is 0 Å². The molecule has 0 saturated heterocycles. The van der Waals surface area contributed by atoms with Gasteiger partial charge >= 0.3 is 0 Å². The Bertz CT molecular complexity index is 649. The predicted octanol–water partition coefficient (Wildman–Crippen LogP) is 3.83. The minimum atomic E-state index is 0.965. The first-order valence-electron chi connectivity index (χ1n) is 6.62. The van der Waals surface area contributed by atoms with Crippen LogP contribution in [0.2, 0.25) is 0 Å². The number of benzene rings is 2. The topological polar surface area (TPSA) is 15.6 Å². The Morgan fingerprint density at radius 3 is 2.79 bits per heavy atom. The van der Waals surface area contributed by atoms with Crippen LogP contribution in [0.3, 0.4) is 0 Å². The van der Waals surface area contributed by atoms with E-state index >= 15 is 0 Å². The molecule has 0 N–H and O–H groups in total. The van der Waals surface area contributed by atoms with Crippen LogP contribution in [0.25, 0.3) is 11.1 Å². The van der Waals surface area contributed by atoms with Crippen LogP contribution in [0.4, 0.5) is 0 Å². The standard InChI is InChI=1S/C16H14N2S/c1-2-5-12(6-3-1)13-7-8-14-15(11-13)19-18-10-4-9-17-16(14)18/h1-3,5-8,11H,4,9-10H2. The molecule has 19 heavy (non-hydrogen) atoms. The van der Waals surface area contributed by atoms with Gasteiger partial charge in [0.1, 0.15) is 5.84 Å². The van der Waals surface area contributed by atoms with Crippen molar-refractivity contribution >= 4 is 17.8 Å². The van der Waals surface area contributed by atoms with Gasteiger partial charge in [-0.3, -0.25) is 9.30 Å². The summed E-state index contributed by atoms with van der Waals surface area (Å²) in [6.45, 7) is 2.07. The van der Waals surface area contributed by atoms with Crippen LogP contribution >= 0.6 is 11.9 Å². The highest BCUT2D eigenvalue weighted by atomic mass is 32.2. The van der Waals surface area contributed by atoms with E-state index in [4.69, 9.17) is 0 Å². The lowest BCUT2D eigenvalue weighted by Gasteiger charge is -2.20. The fourth-order valence-electron chi connectivity index (χ4n) is 2.60. The highest BCUT2D eigenvalue weighted by Gasteiger charge is 2.28. The van der Waals surface area contributed by atoms with Gasteiger partial charge in [0.05, 0.1) is 0 Å². The number of hydrogen-bond donors (Lipinski definition) is 0. The summed E-state index contributed by atoms with van der Waals surface area (Å²) in [5.74, 6) is 1.17. The average Bonchev–Trinajstić information content (AvgIpc) is 2.86. The zero-order valence-electron chi connectivity index (χ0n) is 10.5. The summed E-state index contributed by atoms with van der Waals surface area (Å²) in [5.41, 5.74) is 3.86. The van der Waals surface area contributed by atoms with Gasteiger partial charge in [-0.2, -0.15) is 0 Å². The van der Waals surface area contributed by atoms with Gasteiger partial charge in [-0.1, -0.05) is 36.4 Å². The molecular weight excluding hydrogens is 252 g/mol. The van der Waals surface area contributed by atoms with Crippen molar-refractivity contribution in [3.63, 3.8) is 0 Å². The van der Waals surface area contributed by atoms with Crippen LogP contribution in [-0.2, 0) is 0 Å². The zero-order chi connectivity index (χ0) is 12.7. The summed E-state index contributed by atoms with van der Waals surface area (Å²) >= 11 is 1.83. The molecule has 0 aromatic heterocycles. The summed E-state index contributed by atoms with van der Waals surface area (Å²) in [6, 6.07) is 17.3. The molecule has 2 heterocycles. The van der Waals surface area contributed by atoms with Gasteiger partial charge in [-0.05, 0) is 41.6 Å². The Hall–Kier alpha value is -1.74. The average molecular weight is 266 g/mol. The molecule has 0 aliphatic carbocycles. The normalized spacial score (nSPS) is 16.8. The number of aliphatic imine (C=N–C) groups is 1. The van der Waals surface area contributed by atoms with Gasteiger partial charge < -0.3 is 0 Å². The van der Waals surface area contributed by atoms with Crippen molar-refractivity contribution in [2.45, 2.75) is 11.3 Å². The summed E-state index contributed by atoms with van der Waals surface area (Å²) < 4.78 is 2.32. The Balaban J connectivity index is 1.78. The highest BCUT2D eigenvalue weighted by molar-refractivity contribution is 7.98. The van der Waals surface area contributed by atoms with E-state index in [0.717, 1.165) is 19.5 Å². The molecule has 2 aromatic carbocycles. The summed E-state index contributed by atoms with van der Waals surface area (Å²) in [7, 11) is 0. The molecule has 2 aliphatic rings. The van der Waals surface area contributed by atoms with Gasteiger partial charge in [-0.25, -0.2) is 0 Å². The van der Waals surface area contributed by atoms with Crippen molar-refractivity contribution in [3.8, 4) is 11.1 Å². The maximum atomic E-state index is 4.66. The first-order chi connectivity index (χ1) is 9.42. The molecule has 0 unspecified atom stereocenters. The fraction of sp³-hybridized carbons (Fsp3) is 0.188. The molecule has 0 bridgehead atoms. The molecule has 0 radical (unpaired) electrons. The summed E-state index contributed by atoms with van der Waals surface area (Å²) in [4.78, 5) is 5.99. The second-order valence-corrected chi connectivity index (χ2v) is 5.89. The molecule has 3 heteroatoms. The highest BCUT2D eigenvalue weighted by Crippen LogP contribution is 2.39. The lowest BCUT2D eigenvalue weighted by Crippen LogP contribution is -2.26. The molecule has 0 atom stereocenters. The van der Waals surface area contributed by atoms with E-state index in [0.29, 0.717) is 0 Å². The molecule has 2 aromatic rings. The number of hydrogen-bond acceptors (Lipinski definition) is 3. The third-order valence-corrected chi connectivity index (χ3v) is 4.67. The monoisotopic (exact) mass is 266 g/mol. The summed E-state index contributed by atoms with van der Waals surface area (Å²) in [5, 5.41) is 0. The SMILES string of the molecule is c1ccc(-c2ccc3c(c2)SN2CCCN=C32)cc1. The van der Waals surface area contributed by atoms with Gasteiger partial charge in [0.2, 0.25) is 0 Å². The summed E-state index contributed by atoms with van der Waals surface area (Å²) in [6.07, 6.45) is 1.16. The van der Waals surface area contributed by atoms with Crippen LogP contribution in [0.15, 0.2) is 58.4 Å². The Kier molecular flexibility index (Phi) is 2.59. The van der Waals surface area contributed by atoms with Gasteiger partial charge in [0.25, 0.3) is 0 Å². The van der Waals surface area contributed by atoms with Crippen molar-refractivity contribution in [1.29, 1.82) is 0 Å². The predicted molar refractivity (Wildman–Crippen MR) is 80.5 cm³/mol. The van der Waals surface area contributed by atoms with Crippen LogP contribution in [-0.4, -0.2) is 23.2 Å². The van der Waals surface area contributed by atoms with E-state index in [2.05, 4.69) is 57.8 Å². The number of amidine groups is 1. The number of nitrogens with zero attached hydrogens (tertiary/aromatic N) is 2. The minimum Gasteiger partial charge on any atom is -0.296 e. The maximum Gasteiger partial charge on any atom is 0.142 e. The number of rotatable bonds is 1. The molecule has 0 amide bonds. The third-order valence-electron chi connectivity index (χ3n) is 3.56. The minimum absolute atomic E-state index is 0.965. The first kappa shape index (κ1) is 11.1. The molecule has 0 spiro atoms. The maximum absolute atomic E-state index is 4.66. The smallest absolute Gasteiger partial charge is 0.142 e. The third kappa shape index (κ3) is 1.85. The zero-order valence-corrected chi connectivity index (χ0v) is 11.4. The molecule has 2 nitrogen and oxygen atoms in total. The Morgan fingerprint density at radius 1 is 1.00 bits per heavy atom. The Morgan fingerprint density at radius 2 is 1.89 bits per heavy atom. The Labute approximate surface area is 117 Å². The van der Waals surface area contributed by atoms with Crippen molar-refractivity contribution in [1.82, 2.24) is 4.31 Å². The van der Waals surface area contributed by atoms with Crippen LogP contribution < -0.4 is 0 Å². The second kappa shape index (κ2) is 4.42. The van der Waals surface area contributed by atoms with E-state index in [1.807, 2.05) is 11.9 Å². The van der Waals surface area contributed by atoms with Gasteiger partial charge in [0, 0.05) is 23.5 Å². The molecule has 0 saturated carbocycles. The first-order valence-corrected chi connectivity index (χ1v) is 7.39. The second-order valence-electron chi connectivity index (χ2n) is 4.83. The lowest BCUT2D eigenvalue weighted by atomic mass is 10.0. The van der Waals surface area contributed by atoms with Crippen LogP contribution in [0, 0.1) is 0 Å². The largest absolute Gasteiger partial charge is 0.296 e. The molecular formula is C16H14N2S. The fourth-order valence-corrected chi connectivity index (χ4v) is 3.74. The lowest BCUT2D eigenvalue weighted by molar-refractivity contribution is 0.603. The molecule has 2 aliphatic heterocycles. The van der Waals surface area contributed by atoms with Crippen LogP contribution in [0.5, 0.6) is 0 Å². The molecule has 4 rings (SSSR count). The van der Waals surface area contributed by atoms with E-state index in [-0.39, 0.29) is 0 Å². The molecule has 0 fully saturated rings. The van der Waals surface area contributed by atoms with Gasteiger partial charge in [-0.15, -0.1) is 0 Å². The van der Waals surface area contributed by atoms with Crippen molar-refractivity contribution in [2.24, 2.45) is 4.99 Å². The van der Waals surface area contributed by atoms with E-state index in [1.54, 1.807) is 0 Å². The quantitative estimate of drug-likeness (QED) is 0.729. The number of fused-ring (bicyclic) bond motifs is 3. The van der Waals surface area contributed by atoms with Crippen molar-refractivity contribution in [2.75, 3.05) is 13.1 Å². The van der Waals surface area contributed by atoms with E-state index in [1.165, 1.54) is 27.4 Å². The van der Waals surface area contributed by atoms with E-state index < -0.39 is 0 Å².